The van der Waals surface area contributed by atoms with Gasteiger partial charge in [-0.05, 0) is 13.3 Å². The van der Waals surface area contributed by atoms with Gasteiger partial charge in [0.2, 0.25) is 5.91 Å². The highest BCUT2D eigenvalue weighted by Gasteiger charge is 2.23. The Balaban J connectivity index is 1.85. The molecule has 0 spiro atoms. The quantitative estimate of drug-likeness (QED) is 0.849. The molecule has 0 saturated carbocycles. The first kappa shape index (κ1) is 11.9. The molecule has 0 aromatic carbocycles. The van der Waals surface area contributed by atoms with Gasteiger partial charge in [-0.15, -0.1) is 0 Å². The number of aromatic nitrogens is 4. The fourth-order valence-corrected chi connectivity index (χ4v) is 2.31. The minimum absolute atomic E-state index is 0.137. The molecule has 1 aliphatic heterocycles. The summed E-state index contributed by atoms with van der Waals surface area (Å²) in [6, 6.07) is 2.06. The van der Waals surface area contributed by atoms with Crippen LogP contribution in [0.15, 0.2) is 12.4 Å². The summed E-state index contributed by atoms with van der Waals surface area (Å²) < 4.78 is 1.66. The first-order valence-electron chi connectivity index (χ1n) is 6.31. The van der Waals surface area contributed by atoms with Crippen molar-refractivity contribution in [2.24, 2.45) is 0 Å². The van der Waals surface area contributed by atoms with E-state index < -0.39 is 0 Å². The highest BCUT2D eigenvalue weighted by molar-refractivity contribution is 5.77. The minimum Gasteiger partial charge on any atom is -0.367 e. The summed E-state index contributed by atoms with van der Waals surface area (Å²) in [4.78, 5) is 21.9. The maximum atomic E-state index is 11.7. The molecule has 2 aromatic rings. The van der Waals surface area contributed by atoms with Gasteiger partial charge in [-0.3, -0.25) is 4.79 Å². The Morgan fingerprint density at radius 2 is 2.32 bits per heavy atom. The molecular weight excluding hydrogens is 244 g/mol. The lowest BCUT2D eigenvalue weighted by atomic mass is 10.1. The summed E-state index contributed by atoms with van der Waals surface area (Å²) in [5.41, 5.74) is 0.877. The van der Waals surface area contributed by atoms with Crippen molar-refractivity contribution in [3.8, 4) is 0 Å². The van der Waals surface area contributed by atoms with Crippen LogP contribution in [-0.4, -0.2) is 50.0 Å². The van der Waals surface area contributed by atoms with Gasteiger partial charge in [-0.25, -0.2) is 4.98 Å². The number of hydrogen-bond acceptors (Lipinski definition) is 5. The number of likely N-dealkylation sites (tertiary alicyclic amines) is 1. The normalized spacial score (nSPS) is 20.0. The van der Waals surface area contributed by atoms with E-state index in [9.17, 15) is 4.79 Å². The summed E-state index contributed by atoms with van der Waals surface area (Å²) in [7, 11) is 1.84. The Kier molecular flexibility index (Phi) is 2.81. The second kappa shape index (κ2) is 4.49. The van der Waals surface area contributed by atoms with Gasteiger partial charge in [0.05, 0.1) is 0 Å². The number of amides is 1. The number of nitrogens with zero attached hydrogens (tertiary/aromatic N) is 5. The third-order valence-electron chi connectivity index (χ3n) is 3.39. The van der Waals surface area contributed by atoms with Crippen LogP contribution in [0.3, 0.4) is 0 Å². The summed E-state index contributed by atoms with van der Waals surface area (Å²) in [5.74, 6) is 1.58. The molecule has 3 heterocycles. The van der Waals surface area contributed by atoms with E-state index in [-0.39, 0.29) is 11.9 Å². The highest BCUT2D eigenvalue weighted by Crippen LogP contribution is 2.17. The van der Waals surface area contributed by atoms with Crippen LogP contribution < -0.4 is 5.32 Å². The molecule has 7 nitrogen and oxygen atoms in total. The fraction of sp³-hybridized carbons (Fsp3) is 0.500. The van der Waals surface area contributed by atoms with Gasteiger partial charge in [0, 0.05) is 37.8 Å². The van der Waals surface area contributed by atoms with Crippen molar-refractivity contribution in [3.63, 3.8) is 0 Å². The predicted octanol–water partition coefficient (Wildman–Crippen LogP) is 0.465. The number of aryl methyl sites for hydroxylation is 1. The molecule has 1 aliphatic rings. The zero-order chi connectivity index (χ0) is 13.4. The van der Waals surface area contributed by atoms with Crippen molar-refractivity contribution in [2.45, 2.75) is 25.8 Å². The number of nitrogens with one attached hydrogen (secondary N) is 1. The minimum atomic E-state index is 0.137. The SMILES string of the molecule is Cc1cc(NC2CCN(C)C(=O)C2)n2ncnc2n1. The maximum absolute atomic E-state index is 11.7. The predicted molar refractivity (Wildman–Crippen MR) is 69.8 cm³/mol. The monoisotopic (exact) mass is 260 g/mol. The molecule has 1 saturated heterocycles. The molecule has 1 N–H and O–H groups in total. The first-order chi connectivity index (χ1) is 9.13. The number of rotatable bonds is 2. The molecule has 2 aromatic heterocycles. The van der Waals surface area contributed by atoms with E-state index in [1.165, 1.54) is 6.33 Å². The number of piperidine rings is 1. The molecule has 1 atom stereocenters. The maximum Gasteiger partial charge on any atom is 0.254 e. The lowest BCUT2D eigenvalue weighted by Crippen LogP contribution is -2.41. The van der Waals surface area contributed by atoms with Crippen molar-refractivity contribution in [1.29, 1.82) is 0 Å². The molecule has 1 unspecified atom stereocenters. The Labute approximate surface area is 110 Å². The van der Waals surface area contributed by atoms with E-state index in [1.807, 2.05) is 20.0 Å². The molecule has 19 heavy (non-hydrogen) atoms. The van der Waals surface area contributed by atoms with Crippen molar-refractivity contribution >= 4 is 17.5 Å². The van der Waals surface area contributed by atoms with Gasteiger partial charge >= 0.3 is 0 Å². The topological polar surface area (TPSA) is 75.4 Å². The zero-order valence-electron chi connectivity index (χ0n) is 11.0. The van der Waals surface area contributed by atoms with Crippen LogP contribution in [0.5, 0.6) is 0 Å². The third kappa shape index (κ3) is 2.23. The smallest absolute Gasteiger partial charge is 0.254 e. The van der Waals surface area contributed by atoms with E-state index in [0.717, 1.165) is 24.5 Å². The molecule has 1 fully saturated rings. The van der Waals surface area contributed by atoms with Gasteiger partial charge in [-0.2, -0.15) is 14.6 Å². The number of anilines is 1. The summed E-state index contributed by atoms with van der Waals surface area (Å²) >= 11 is 0. The lowest BCUT2D eigenvalue weighted by Gasteiger charge is -2.29. The van der Waals surface area contributed by atoms with Crippen molar-refractivity contribution < 1.29 is 4.79 Å². The van der Waals surface area contributed by atoms with Crippen LogP contribution in [-0.2, 0) is 4.79 Å². The van der Waals surface area contributed by atoms with E-state index in [1.54, 1.807) is 9.42 Å². The molecule has 3 rings (SSSR count). The summed E-state index contributed by atoms with van der Waals surface area (Å²) in [6.07, 6.45) is 2.92. The van der Waals surface area contributed by atoms with Crippen molar-refractivity contribution in [2.75, 3.05) is 18.9 Å². The Morgan fingerprint density at radius 1 is 1.47 bits per heavy atom. The number of hydrogen-bond donors (Lipinski definition) is 1. The number of carbonyl (C=O) groups is 1. The van der Waals surface area contributed by atoms with Crippen LogP contribution in [0.2, 0.25) is 0 Å². The second-order valence-electron chi connectivity index (χ2n) is 4.90. The number of fused-ring (bicyclic) bond motifs is 1. The van der Waals surface area contributed by atoms with Crippen molar-refractivity contribution in [3.05, 3.63) is 18.1 Å². The largest absolute Gasteiger partial charge is 0.367 e. The molecule has 0 radical (unpaired) electrons. The molecule has 1 amide bonds. The fourth-order valence-electron chi connectivity index (χ4n) is 2.31. The van der Waals surface area contributed by atoms with Gasteiger partial charge in [-0.1, -0.05) is 0 Å². The van der Waals surface area contributed by atoms with E-state index in [2.05, 4.69) is 20.4 Å². The van der Waals surface area contributed by atoms with Gasteiger partial charge in [0.15, 0.2) is 0 Å². The molecule has 0 aliphatic carbocycles. The highest BCUT2D eigenvalue weighted by atomic mass is 16.2. The van der Waals surface area contributed by atoms with Crippen LogP contribution in [0.4, 0.5) is 5.82 Å². The van der Waals surface area contributed by atoms with E-state index >= 15 is 0 Å². The average molecular weight is 260 g/mol. The van der Waals surface area contributed by atoms with Crippen LogP contribution in [0, 0.1) is 6.92 Å². The van der Waals surface area contributed by atoms with Gasteiger partial charge < -0.3 is 10.2 Å². The van der Waals surface area contributed by atoms with E-state index in [0.29, 0.717) is 12.2 Å². The molecular formula is C12H16N6O. The summed E-state index contributed by atoms with van der Waals surface area (Å²) in [5, 5.41) is 7.52. The van der Waals surface area contributed by atoms with Gasteiger partial charge in [0.1, 0.15) is 12.1 Å². The standard InChI is InChI=1S/C12H16N6O/c1-8-5-10(18-12(15-8)13-7-14-18)16-9-3-4-17(2)11(19)6-9/h5,7,9,16H,3-4,6H2,1-2H3. The molecule has 0 bridgehead atoms. The third-order valence-corrected chi connectivity index (χ3v) is 3.39. The number of carbonyl (C=O) groups excluding carboxylic acids is 1. The molecule has 100 valence electrons. The van der Waals surface area contributed by atoms with Crippen LogP contribution >= 0.6 is 0 Å². The summed E-state index contributed by atoms with van der Waals surface area (Å²) in [6.45, 7) is 2.70. The van der Waals surface area contributed by atoms with E-state index in [4.69, 9.17) is 0 Å². The van der Waals surface area contributed by atoms with Crippen LogP contribution in [0.25, 0.3) is 5.78 Å². The lowest BCUT2D eigenvalue weighted by molar-refractivity contribution is -0.132. The Morgan fingerprint density at radius 3 is 3.11 bits per heavy atom. The molecule has 7 heteroatoms. The van der Waals surface area contributed by atoms with Crippen LogP contribution in [0.1, 0.15) is 18.5 Å². The first-order valence-corrected chi connectivity index (χ1v) is 6.31. The average Bonchev–Trinajstić information content (AvgIpc) is 2.82. The second-order valence-corrected chi connectivity index (χ2v) is 4.90. The zero-order valence-corrected chi connectivity index (χ0v) is 11.0. The van der Waals surface area contributed by atoms with Gasteiger partial charge in [0.25, 0.3) is 5.78 Å². The Hall–Kier alpha value is -2.18. The Bertz CT molecular complexity index is 622. The van der Waals surface area contributed by atoms with Crippen molar-refractivity contribution in [1.82, 2.24) is 24.5 Å².